The summed E-state index contributed by atoms with van der Waals surface area (Å²) in [6.07, 6.45) is -0.946. The van der Waals surface area contributed by atoms with Gasteiger partial charge in [-0.3, -0.25) is 4.72 Å². The molecule has 2 heterocycles. The highest BCUT2D eigenvalue weighted by atomic mass is 79.9. The van der Waals surface area contributed by atoms with E-state index < -0.39 is 23.0 Å². The van der Waals surface area contributed by atoms with Gasteiger partial charge in [0.05, 0.1) is 8.30 Å². The Kier molecular flexibility index (Phi) is 6.17. The first-order valence-electron chi connectivity index (χ1n) is 11.8. The van der Waals surface area contributed by atoms with Gasteiger partial charge in [0.15, 0.2) is 5.82 Å². The van der Waals surface area contributed by atoms with E-state index in [0.29, 0.717) is 11.1 Å². The average Bonchev–Trinajstić information content (AvgIpc) is 2.80. The zero-order valence-corrected chi connectivity index (χ0v) is 19.5. The lowest BCUT2D eigenvalue weighted by molar-refractivity contribution is 0.202. The van der Waals surface area contributed by atoms with Crippen LogP contribution in [0.5, 0.6) is 11.9 Å². The summed E-state index contributed by atoms with van der Waals surface area (Å²) in [6.45, 7) is 0.562. The molecule has 2 aromatic heterocycles. The lowest BCUT2D eigenvalue weighted by Gasteiger charge is -2.15. The molecule has 0 saturated heterocycles. The van der Waals surface area contributed by atoms with Crippen molar-refractivity contribution >= 4 is 32.0 Å². The Hall–Kier alpha value is -2.83. The third kappa shape index (κ3) is 6.84. The fraction of sp³-hybridized carbons (Fsp3) is 0.300. The summed E-state index contributed by atoms with van der Waals surface area (Å²) in [4.78, 5) is 15.6. The van der Waals surface area contributed by atoms with Crippen LogP contribution in [0.15, 0.2) is 47.4 Å². The molecule has 0 fully saturated rings. The molecular weight excluding hydrogens is 500 g/mol. The Bertz CT molecular complexity index is 1360. The molecule has 0 radical (unpaired) electrons. The first-order valence-corrected chi connectivity index (χ1v) is 11.6. The van der Waals surface area contributed by atoms with E-state index in [1.807, 2.05) is 4.72 Å². The largest absolute Gasteiger partial charge is 0.473 e. The molecule has 0 aliphatic heterocycles. The predicted octanol–water partition coefficient (Wildman–Crippen LogP) is 3.12. The molecule has 0 unspecified atom stereocenters. The highest BCUT2D eigenvalue weighted by Crippen LogP contribution is 2.34. The highest BCUT2D eigenvalue weighted by molar-refractivity contribution is 9.10. The summed E-state index contributed by atoms with van der Waals surface area (Å²) >= 11 is 3.33. The minimum atomic E-state index is -4.44. The Morgan fingerprint density at radius 2 is 1.78 bits per heavy atom. The maximum Gasteiger partial charge on any atom is 0.316 e. The van der Waals surface area contributed by atoms with Gasteiger partial charge in [0.25, 0.3) is 10.2 Å². The van der Waals surface area contributed by atoms with Crippen molar-refractivity contribution in [3.63, 3.8) is 0 Å². The van der Waals surface area contributed by atoms with Gasteiger partial charge < -0.3 is 9.47 Å². The van der Waals surface area contributed by atoms with E-state index in [1.54, 1.807) is 31.2 Å². The second kappa shape index (κ2) is 11.2. The number of anilines is 1. The lowest BCUT2D eigenvalue weighted by Crippen LogP contribution is -2.31. The van der Waals surface area contributed by atoms with Crippen molar-refractivity contribution in [2.24, 2.45) is 0 Å². The Balaban J connectivity index is 1.90. The topological polar surface area (TPSA) is 128 Å². The van der Waals surface area contributed by atoms with Crippen molar-refractivity contribution in [2.75, 3.05) is 24.4 Å². The molecule has 2 N–H and O–H groups in total. The molecule has 0 saturated carbocycles. The number of hydrogen-bond donors (Lipinski definition) is 2. The quantitative estimate of drug-likeness (QED) is 0.364. The van der Waals surface area contributed by atoms with Crippen molar-refractivity contribution in [3.05, 3.63) is 53.0 Å². The van der Waals surface area contributed by atoms with Crippen molar-refractivity contribution in [1.82, 2.24) is 24.7 Å². The van der Waals surface area contributed by atoms with E-state index in [1.165, 1.54) is 6.92 Å². The Morgan fingerprint density at radius 3 is 2.47 bits per heavy atom. The second-order valence-corrected chi connectivity index (χ2v) is 8.48. The standard InChI is InChI=1S/C20H23BrN6O4S/c1-3-8-26-32(28,29)27-18-17(15-4-6-16(21)7-5-15)19(25-13-24-18)30-9-10-31-20-22-11-14(2)12-23-20/h4-7,11-13,26H,3,8-10H2,1-2H3,(H,24,25,27)/i8D2,11D,12D,13D. The SMILES string of the molecule is [2H]c1nc(NS(=O)(=O)NC([2H])([2H])CC)c(-c2ccc(Br)cc2)c(OCCOc2nc([2H])c(C)c([2H])n2)n1. The molecular formula is C20H23BrN6O4S. The number of nitrogens with one attached hydrogen (secondary N) is 2. The minimum Gasteiger partial charge on any atom is -0.473 e. The van der Waals surface area contributed by atoms with Gasteiger partial charge in [-0.05, 0) is 36.6 Å². The molecule has 3 rings (SSSR count). The van der Waals surface area contributed by atoms with Crippen LogP contribution in [0.4, 0.5) is 5.82 Å². The first kappa shape index (κ1) is 17.7. The van der Waals surface area contributed by atoms with Crippen LogP contribution in [0, 0.1) is 6.92 Å². The number of benzene rings is 1. The summed E-state index contributed by atoms with van der Waals surface area (Å²) in [5.41, 5.74) is 0.873. The zero-order chi connectivity index (χ0) is 27.4. The van der Waals surface area contributed by atoms with Crippen LogP contribution in [-0.4, -0.2) is 48.1 Å². The van der Waals surface area contributed by atoms with Gasteiger partial charge in [-0.2, -0.15) is 13.1 Å². The third-order valence-corrected chi connectivity index (χ3v) is 5.11. The summed E-state index contributed by atoms with van der Waals surface area (Å²) < 4.78 is 80.0. The van der Waals surface area contributed by atoms with Crippen molar-refractivity contribution in [3.8, 4) is 23.0 Å². The van der Waals surface area contributed by atoms with E-state index in [-0.39, 0.29) is 55.3 Å². The normalized spacial score (nSPS) is 13.9. The molecule has 0 atom stereocenters. The van der Waals surface area contributed by atoms with Gasteiger partial charge in [0, 0.05) is 26.1 Å². The van der Waals surface area contributed by atoms with Gasteiger partial charge in [0.2, 0.25) is 5.88 Å². The van der Waals surface area contributed by atoms with Crippen LogP contribution >= 0.6 is 15.9 Å². The molecule has 1 aromatic carbocycles. The van der Waals surface area contributed by atoms with Gasteiger partial charge in [-0.25, -0.2) is 19.9 Å². The fourth-order valence-corrected chi connectivity index (χ4v) is 3.41. The highest BCUT2D eigenvalue weighted by Gasteiger charge is 2.19. The summed E-state index contributed by atoms with van der Waals surface area (Å²) in [5.74, 6) is -0.425. The number of nitrogens with zero attached hydrogens (tertiary/aromatic N) is 4. The number of halogens is 1. The molecule has 10 nitrogen and oxygen atoms in total. The fourth-order valence-electron chi connectivity index (χ4n) is 2.36. The molecule has 0 amide bonds. The summed E-state index contributed by atoms with van der Waals surface area (Å²) in [6, 6.07) is 6.53. The number of rotatable bonds is 11. The van der Waals surface area contributed by atoms with E-state index in [2.05, 4.69) is 40.6 Å². The van der Waals surface area contributed by atoms with Crippen LogP contribution in [0.2, 0.25) is 0 Å². The average molecular weight is 528 g/mol. The maximum absolute atomic E-state index is 12.6. The van der Waals surface area contributed by atoms with Crippen LogP contribution in [0.3, 0.4) is 0 Å². The van der Waals surface area contributed by atoms with E-state index in [9.17, 15) is 8.42 Å². The second-order valence-electron chi connectivity index (χ2n) is 6.15. The number of ether oxygens (including phenoxy) is 2. The number of aromatic nitrogens is 4. The van der Waals surface area contributed by atoms with Gasteiger partial charge in [0.1, 0.15) is 20.9 Å². The first-order chi connectivity index (χ1) is 17.3. The van der Waals surface area contributed by atoms with Gasteiger partial charge in [-0.15, -0.1) is 0 Å². The minimum absolute atomic E-state index is 0.111. The van der Waals surface area contributed by atoms with E-state index in [4.69, 9.17) is 16.3 Å². The maximum atomic E-state index is 12.6. The monoisotopic (exact) mass is 527 g/mol. The summed E-state index contributed by atoms with van der Waals surface area (Å²) in [7, 11) is -4.44. The van der Waals surface area contributed by atoms with Crippen molar-refractivity contribution in [1.29, 1.82) is 0 Å². The molecule has 0 spiro atoms. The van der Waals surface area contributed by atoms with E-state index in [0.717, 1.165) is 4.47 Å². The van der Waals surface area contributed by atoms with Crippen LogP contribution in [0.25, 0.3) is 11.1 Å². The van der Waals surface area contributed by atoms with Crippen molar-refractivity contribution < 1.29 is 24.7 Å². The van der Waals surface area contributed by atoms with Gasteiger partial charge in [-0.1, -0.05) is 35.0 Å². The molecule has 12 heteroatoms. The Morgan fingerprint density at radius 1 is 1.09 bits per heavy atom. The molecule has 170 valence electrons. The predicted molar refractivity (Wildman–Crippen MR) is 124 cm³/mol. The smallest absolute Gasteiger partial charge is 0.316 e. The Labute approximate surface area is 202 Å². The van der Waals surface area contributed by atoms with Crippen LogP contribution < -0.4 is 18.9 Å². The molecule has 0 bridgehead atoms. The molecule has 32 heavy (non-hydrogen) atoms. The number of hydrogen-bond acceptors (Lipinski definition) is 8. The lowest BCUT2D eigenvalue weighted by atomic mass is 10.1. The van der Waals surface area contributed by atoms with Crippen molar-refractivity contribution in [2.45, 2.75) is 20.3 Å². The van der Waals surface area contributed by atoms with Gasteiger partial charge >= 0.3 is 6.01 Å². The summed E-state index contributed by atoms with van der Waals surface area (Å²) in [5, 5.41) is 0. The van der Waals surface area contributed by atoms with Crippen LogP contribution in [0.1, 0.15) is 25.8 Å². The van der Waals surface area contributed by atoms with E-state index >= 15 is 0 Å². The zero-order valence-electron chi connectivity index (χ0n) is 22.1. The molecule has 0 aliphatic carbocycles. The third-order valence-electron chi connectivity index (χ3n) is 3.70. The van der Waals surface area contributed by atoms with Crippen LogP contribution in [-0.2, 0) is 10.2 Å². The molecule has 0 aliphatic rings. The molecule has 3 aromatic rings.